The van der Waals surface area contributed by atoms with Gasteiger partial charge in [0.15, 0.2) is 5.78 Å². The number of amides is 1. The zero-order valence-electron chi connectivity index (χ0n) is 21.0. The van der Waals surface area contributed by atoms with Gasteiger partial charge in [0.25, 0.3) is 0 Å². The van der Waals surface area contributed by atoms with Crippen molar-refractivity contribution in [3.05, 3.63) is 64.7 Å². The Morgan fingerprint density at radius 1 is 1.11 bits per heavy atom. The number of fused-ring (bicyclic) bond motifs is 3. The number of alkyl halides is 3. The Bertz CT molecular complexity index is 1420. The lowest BCUT2D eigenvalue weighted by atomic mass is 9.61. The van der Waals surface area contributed by atoms with E-state index in [4.69, 9.17) is 4.98 Å². The zero-order valence-corrected chi connectivity index (χ0v) is 21.0. The number of hydrogen-bond donors (Lipinski definition) is 0. The molecule has 1 aromatic heterocycles. The van der Waals surface area contributed by atoms with Crippen molar-refractivity contribution in [2.24, 2.45) is 5.41 Å². The maximum Gasteiger partial charge on any atom is 0.389 e. The number of carbonyl (C=O) groups excluding carboxylic acids is 2. The fraction of sp³-hybridized carbons (Fsp3) is 0.483. The number of carbonyl (C=O) groups is 2. The number of nitrogens with zero attached hydrogens (tertiary/aromatic N) is 3. The van der Waals surface area contributed by atoms with Gasteiger partial charge in [-0.25, -0.2) is 4.98 Å². The Morgan fingerprint density at radius 3 is 2.53 bits per heavy atom. The van der Waals surface area contributed by atoms with Crippen molar-refractivity contribution < 1.29 is 27.9 Å². The second-order valence-corrected chi connectivity index (χ2v) is 11.1. The molecule has 2 aliphatic carbocycles. The smallest absolute Gasteiger partial charge is 0.389 e. The number of benzene rings is 2. The lowest BCUT2D eigenvalue weighted by Gasteiger charge is -2.53. The highest BCUT2D eigenvalue weighted by Gasteiger charge is 2.54. The zero-order chi connectivity index (χ0) is 26.7. The first kappa shape index (κ1) is 24.9. The minimum absolute atomic E-state index is 0.0133. The summed E-state index contributed by atoms with van der Waals surface area (Å²) in [5.74, 6) is 0.0998. The van der Waals surface area contributed by atoms with Crippen LogP contribution in [-0.2, 0) is 37.0 Å². The largest absolute Gasteiger partial charge is 0.530 e. The first-order valence-corrected chi connectivity index (χ1v) is 13.3. The monoisotopic (exact) mass is 524 g/mol. The number of aromatic nitrogens is 2. The van der Waals surface area contributed by atoms with Gasteiger partial charge in [-0.3, -0.25) is 4.79 Å². The van der Waals surface area contributed by atoms with Crippen LogP contribution in [0.4, 0.5) is 18.0 Å². The van der Waals surface area contributed by atoms with Gasteiger partial charge in [-0.1, -0.05) is 36.4 Å². The molecule has 9 heteroatoms. The van der Waals surface area contributed by atoms with E-state index >= 15 is 0 Å². The highest BCUT2D eigenvalue weighted by Crippen LogP contribution is 2.47. The normalized spacial score (nSPS) is 20.3. The van der Waals surface area contributed by atoms with E-state index < -0.39 is 30.0 Å². The summed E-state index contributed by atoms with van der Waals surface area (Å²) in [7, 11) is 0. The van der Waals surface area contributed by atoms with Crippen molar-refractivity contribution in [2.75, 3.05) is 13.1 Å². The summed E-state index contributed by atoms with van der Waals surface area (Å²) in [5, 5.41) is 13.5. The van der Waals surface area contributed by atoms with Crippen LogP contribution < -0.4 is 5.11 Å². The minimum Gasteiger partial charge on any atom is -0.530 e. The predicted molar refractivity (Wildman–Crippen MR) is 133 cm³/mol. The maximum absolute atomic E-state index is 14.1. The number of Topliss-reactive ketones (excluding diaryl/α,β-unsaturated/α-hetero) is 1. The van der Waals surface area contributed by atoms with Crippen LogP contribution in [0.2, 0.25) is 0 Å². The molecule has 3 aromatic rings. The molecule has 6 nitrogen and oxygen atoms in total. The number of rotatable bonds is 5. The van der Waals surface area contributed by atoms with Crippen LogP contribution in [0.3, 0.4) is 0 Å². The van der Waals surface area contributed by atoms with Crippen LogP contribution >= 0.6 is 0 Å². The van der Waals surface area contributed by atoms with Gasteiger partial charge < -0.3 is 19.4 Å². The van der Waals surface area contributed by atoms with Gasteiger partial charge in [0, 0.05) is 38.2 Å². The number of hydrogen-bond acceptors (Lipinski definition) is 4. The van der Waals surface area contributed by atoms with Crippen LogP contribution in [0.5, 0.6) is 0 Å². The molecule has 0 bridgehead atoms. The molecule has 1 atom stereocenters. The number of ketones is 1. The number of aryl methyl sites for hydroxylation is 1. The van der Waals surface area contributed by atoms with E-state index in [2.05, 4.69) is 6.07 Å². The van der Waals surface area contributed by atoms with Gasteiger partial charge in [0.2, 0.25) is 0 Å². The van der Waals surface area contributed by atoms with Crippen molar-refractivity contribution in [3.8, 4) is 0 Å². The number of carboxylic acid groups (broad SMARTS) is 1. The van der Waals surface area contributed by atoms with Crippen LogP contribution in [0, 0.1) is 5.41 Å². The van der Waals surface area contributed by atoms with Crippen molar-refractivity contribution in [1.82, 2.24) is 14.5 Å². The van der Waals surface area contributed by atoms with Crippen LogP contribution in [0.15, 0.2) is 36.4 Å². The summed E-state index contributed by atoms with van der Waals surface area (Å²) in [5.41, 5.74) is 3.05. The summed E-state index contributed by atoms with van der Waals surface area (Å²) in [4.78, 5) is 31.6. The second-order valence-electron chi connectivity index (χ2n) is 11.1. The number of halogens is 3. The van der Waals surface area contributed by atoms with Gasteiger partial charge >= 0.3 is 6.18 Å². The Labute approximate surface area is 218 Å². The number of likely N-dealkylation sites (tertiary alicyclic amines) is 1. The fourth-order valence-corrected chi connectivity index (χ4v) is 6.73. The third kappa shape index (κ3) is 4.35. The van der Waals surface area contributed by atoms with Crippen molar-refractivity contribution in [1.29, 1.82) is 0 Å². The first-order chi connectivity index (χ1) is 18.1. The molecule has 1 saturated heterocycles. The molecule has 3 aliphatic rings. The average molecular weight is 525 g/mol. The van der Waals surface area contributed by atoms with Crippen LogP contribution in [0.25, 0.3) is 10.8 Å². The predicted octanol–water partition coefficient (Wildman–Crippen LogP) is 4.35. The van der Waals surface area contributed by atoms with Gasteiger partial charge in [-0.15, -0.1) is 0 Å². The van der Waals surface area contributed by atoms with E-state index in [-0.39, 0.29) is 38.3 Å². The van der Waals surface area contributed by atoms with E-state index in [0.717, 1.165) is 63.9 Å². The third-order valence-corrected chi connectivity index (χ3v) is 8.54. The third-order valence-electron chi connectivity index (χ3n) is 8.54. The lowest BCUT2D eigenvalue weighted by molar-refractivity contribution is -0.274. The molecular formula is C29H29F3N3O3-. The van der Waals surface area contributed by atoms with Crippen molar-refractivity contribution in [3.63, 3.8) is 0 Å². The van der Waals surface area contributed by atoms with E-state index in [9.17, 15) is 27.9 Å². The van der Waals surface area contributed by atoms with E-state index in [1.165, 1.54) is 0 Å². The maximum atomic E-state index is 14.1. The molecule has 38 heavy (non-hydrogen) atoms. The van der Waals surface area contributed by atoms with Gasteiger partial charge in [-0.2, -0.15) is 13.2 Å². The van der Waals surface area contributed by atoms with E-state index in [1.807, 2.05) is 34.9 Å². The average Bonchev–Trinajstić information content (AvgIpc) is 3.19. The Kier molecular flexibility index (Phi) is 6.00. The summed E-state index contributed by atoms with van der Waals surface area (Å²) < 4.78 is 40.8. The Hall–Kier alpha value is -3.36. The molecule has 1 aliphatic heterocycles. The minimum atomic E-state index is -4.22. The summed E-state index contributed by atoms with van der Waals surface area (Å²) in [6.45, 7) is 0.424. The van der Waals surface area contributed by atoms with Crippen LogP contribution in [-0.4, -0.2) is 45.6 Å². The Morgan fingerprint density at radius 2 is 1.82 bits per heavy atom. The molecule has 0 radical (unpaired) electrons. The SMILES string of the molecule is O=C([O-])N1CC2(Cc3cc4ccccc4cc3C(Cc3nc4c(n3CCCC(F)(F)F)CCCC4)C2=O)C1. The first-order valence-electron chi connectivity index (χ1n) is 13.3. The molecule has 200 valence electrons. The molecule has 2 heterocycles. The molecule has 1 amide bonds. The standard InChI is InChI=1S/C29H30F3N3O3/c30-29(31,32)10-5-11-35-24-9-4-3-8-23(24)33-25(35)14-22-21-13-19-7-2-1-6-18(19)12-20(21)15-28(26(22)36)16-34(17-28)27(37)38/h1-2,6-7,12-13,22H,3-5,8-11,14-17H2,(H,37,38)/p-1. The summed E-state index contributed by atoms with van der Waals surface area (Å²) in [6, 6.07) is 12.1. The molecule has 2 aromatic carbocycles. The molecule has 1 spiro atoms. The second kappa shape index (κ2) is 9.13. The van der Waals surface area contributed by atoms with Gasteiger partial charge in [0.05, 0.1) is 17.0 Å². The van der Waals surface area contributed by atoms with E-state index in [1.54, 1.807) is 0 Å². The Balaban J connectivity index is 1.39. The summed E-state index contributed by atoms with van der Waals surface area (Å²) in [6.07, 6.45) is -2.12. The quantitative estimate of drug-likeness (QED) is 0.497. The van der Waals surface area contributed by atoms with Crippen molar-refractivity contribution in [2.45, 2.75) is 70.0 Å². The lowest BCUT2D eigenvalue weighted by Crippen LogP contribution is -2.67. The van der Waals surface area contributed by atoms with Gasteiger partial charge in [-0.05, 0) is 60.4 Å². The molecule has 1 unspecified atom stereocenters. The van der Waals surface area contributed by atoms with E-state index in [0.29, 0.717) is 12.2 Å². The molecule has 0 N–H and O–H groups in total. The highest BCUT2D eigenvalue weighted by atomic mass is 19.4. The highest BCUT2D eigenvalue weighted by molar-refractivity contribution is 5.97. The summed E-state index contributed by atoms with van der Waals surface area (Å²) >= 11 is 0. The molecule has 0 saturated carbocycles. The fourth-order valence-electron chi connectivity index (χ4n) is 6.73. The number of imidazole rings is 1. The van der Waals surface area contributed by atoms with Gasteiger partial charge in [0.1, 0.15) is 11.9 Å². The molecule has 1 fully saturated rings. The molecular weight excluding hydrogens is 495 g/mol. The van der Waals surface area contributed by atoms with Crippen molar-refractivity contribution >= 4 is 22.6 Å². The topological polar surface area (TPSA) is 78.3 Å². The van der Waals surface area contributed by atoms with Crippen LogP contribution in [0.1, 0.15) is 59.9 Å². The molecule has 6 rings (SSSR count).